The van der Waals surface area contributed by atoms with E-state index in [4.69, 9.17) is 4.84 Å². The predicted octanol–water partition coefficient (Wildman–Crippen LogP) is 3.44. The van der Waals surface area contributed by atoms with Gasteiger partial charge in [-0.3, -0.25) is 4.84 Å². The first-order valence-corrected chi connectivity index (χ1v) is 6.28. The first-order valence-electron chi connectivity index (χ1n) is 6.28. The molecule has 2 aromatic rings. The van der Waals surface area contributed by atoms with Gasteiger partial charge in [0.25, 0.3) is 0 Å². The number of carbonyl (C=O) groups is 1. The molecule has 4 nitrogen and oxygen atoms in total. The van der Waals surface area contributed by atoms with Crippen LogP contribution in [0.5, 0.6) is 0 Å². The van der Waals surface area contributed by atoms with Crippen LogP contribution in [-0.2, 0) is 18.0 Å². The summed E-state index contributed by atoms with van der Waals surface area (Å²) in [6, 6.07) is 15.5. The Bertz CT molecular complexity index is 618. The third kappa shape index (κ3) is 2.35. The molecule has 3 rings (SSSR count). The average molecular weight is 272 g/mol. The van der Waals surface area contributed by atoms with Gasteiger partial charge in [0.2, 0.25) is 0 Å². The zero-order valence-electron chi connectivity index (χ0n) is 10.7. The molecule has 0 radical (unpaired) electrons. The summed E-state index contributed by atoms with van der Waals surface area (Å²) in [5, 5.41) is 1.15. The van der Waals surface area contributed by atoms with Crippen molar-refractivity contribution in [3.8, 4) is 0 Å². The second kappa shape index (κ2) is 5.30. The van der Waals surface area contributed by atoms with Crippen molar-refractivity contribution in [2.75, 3.05) is 5.12 Å². The molecule has 0 bridgehead atoms. The van der Waals surface area contributed by atoms with Crippen LogP contribution >= 0.6 is 0 Å². The molecule has 5 heteroatoms. The van der Waals surface area contributed by atoms with Gasteiger partial charge in [-0.15, -0.1) is 5.12 Å². The van der Waals surface area contributed by atoms with E-state index in [1.165, 1.54) is 0 Å². The second-order valence-electron chi connectivity index (χ2n) is 4.49. The molecule has 20 heavy (non-hydrogen) atoms. The van der Waals surface area contributed by atoms with Crippen molar-refractivity contribution < 1.29 is 14.1 Å². The zero-order chi connectivity index (χ0) is 13.9. The SMILES string of the molecule is O=C1N(OCc2ccccc2)Cc2ccccc2N1F. The number of amides is 2. The molecule has 0 unspecified atom stereocenters. The molecule has 0 fully saturated rings. The smallest absolute Gasteiger partial charge is 0.264 e. The van der Waals surface area contributed by atoms with Crippen LogP contribution in [0, 0.1) is 0 Å². The molecule has 1 aliphatic heterocycles. The summed E-state index contributed by atoms with van der Waals surface area (Å²) >= 11 is 0. The van der Waals surface area contributed by atoms with Crippen molar-refractivity contribution in [1.29, 1.82) is 0 Å². The summed E-state index contributed by atoms with van der Waals surface area (Å²) in [6.07, 6.45) is 0. The number of hydrogen-bond donors (Lipinski definition) is 0. The van der Waals surface area contributed by atoms with Crippen LogP contribution in [0.25, 0.3) is 0 Å². The van der Waals surface area contributed by atoms with Gasteiger partial charge in [0.05, 0.1) is 12.2 Å². The lowest BCUT2D eigenvalue weighted by Gasteiger charge is -2.30. The number of anilines is 1. The minimum Gasteiger partial charge on any atom is -0.264 e. The zero-order valence-corrected chi connectivity index (χ0v) is 10.7. The Kier molecular flexibility index (Phi) is 3.35. The van der Waals surface area contributed by atoms with Gasteiger partial charge >= 0.3 is 6.03 Å². The van der Waals surface area contributed by atoms with Gasteiger partial charge in [0, 0.05) is 5.56 Å². The van der Waals surface area contributed by atoms with Gasteiger partial charge < -0.3 is 0 Å². The lowest BCUT2D eigenvalue weighted by atomic mass is 10.1. The minimum absolute atomic E-state index is 0.115. The summed E-state index contributed by atoms with van der Waals surface area (Å²) in [4.78, 5) is 17.3. The summed E-state index contributed by atoms with van der Waals surface area (Å²) in [5.74, 6) is 0. The van der Waals surface area contributed by atoms with E-state index in [0.29, 0.717) is 5.56 Å². The van der Waals surface area contributed by atoms with E-state index in [1.54, 1.807) is 24.3 Å². The average Bonchev–Trinajstić information content (AvgIpc) is 2.50. The highest BCUT2D eigenvalue weighted by atomic mass is 19.2. The van der Waals surface area contributed by atoms with E-state index in [0.717, 1.165) is 10.6 Å². The topological polar surface area (TPSA) is 32.8 Å². The number of fused-ring (bicyclic) bond motifs is 1. The summed E-state index contributed by atoms with van der Waals surface area (Å²) in [6.45, 7) is 0.463. The van der Waals surface area contributed by atoms with Gasteiger partial charge in [-0.25, -0.2) is 4.79 Å². The van der Waals surface area contributed by atoms with Crippen molar-refractivity contribution >= 4 is 11.7 Å². The van der Waals surface area contributed by atoms with E-state index < -0.39 is 6.03 Å². The third-order valence-corrected chi connectivity index (χ3v) is 3.13. The molecule has 0 N–H and O–H groups in total. The predicted molar refractivity (Wildman–Crippen MR) is 72.2 cm³/mol. The molecular formula is C15H13FN2O2. The monoisotopic (exact) mass is 272 g/mol. The van der Waals surface area contributed by atoms with Crippen LogP contribution in [0.1, 0.15) is 11.1 Å². The van der Waals surface area contributed by atoms with Crippen LogP contribution in [0.3, 0.4) is 0 Å². The third-order valence-electron chi connectivity index (χ3n) is 3.13. The lowest BCUT2D eigenvalue weighted by Crippen LogP contribution is -2.42. The molecular weight excluding hydrogens is 259 g/mol. The number of hydrogen-bond acceptors (Lipinski definition) is 2. The summed E-state index contributed by atoms with van der Waals surface area (Å²) in [7, 11) is 0. The molecule has 102 valence electrons. The lowest BCUT2D eigenvalue weighted by molar-refractivity contribution is -0.137. The summed E-state index contributed by atoms with van der Waals surface area (Å²) < 4.78 is 13.9. The highest BCUT2D eigenvalue weighted by Crippen LogP contribution is 2.28. The second-order valence-corrected chi connectivity index (χ2v) is 4.49. The number of benzene rings is 2. The number of nitrogens with zero attached hydrogens (tertiary/aromatic N) is 2. The first-order chi connectivity index (χ1) is 9.75. The van der Waals surface area contributed by atoms with Gasteiger partial charge in [-0.2, -0.15) is 5.06 Å². The number of urea groups is 1. The molecule has 0 aliphatic carbocycles. The minimum atomic E-state index is -0.806. The van der Waals surface area contributed by atoms with Gasteiger partial charge in [0.1, 0.15) is 6.61 Å². The number of para-hydroxylation sites is 1. The molecule has 1 heterocycles. The number of halogens is 1. The summed E-state index contributed by atoms with van der Waals surface area (Å²) in [5.41, 5.74) is 1.91. The Morgan fingerprint density at radius 3 is 2.55 bits per heavy atom. The van der Waals surface area contributed by atoms with Gasteiger partial charge in [0.15, 0.2) is 0 Å². The first kappa shape index (κ1) is 12.6. The van der Waals surface area contributed by atoms with Crippen molar-refractivity contribution in [2.45, 2.75) is 13.2 Å². The van der Waals surface area contributed by atoms with Gasteiger partial charge in [-0.05, 0) is 11.6 Å². The maximum absolute atomic E-state index is 13.9. The highest BCUT2D eigenvalue weighted by molar-refractivity contribution is 5.91. The van der Waals surface area contributed by atoms with Crippen molar-refractivity contribution in [2.24, 2.45) is 0 Å². The highest BCUT2D eigenvalue weighted by Gasteiger charge is 2.31. The number of rotatable bonds is 3. The number of hydroxylamine groups is 2. The Hall–Kier alpha value is -2.40. The van der Waals surface area contributed by atoms with E-state index in [9.17, 15) is 9.28 Å². The van der Waals surface area contributed by atoms with E-state index in [2.05, 4.69) is 0 Å². The Morgan fingerprint density at radius 2 is 1.75 bits per heavy atom. The quantitative estimate of drug-likeness (QED) is 0.802. The van der Waals surface area contributed by atoms with Crippen LogP contribution in [0.2, 0.25) is 0 Å². The molecule has 2 aromatic carbocycles. The fourth-order valence-electron chi connectivity index (χ4n) is 2.09. The van der Waals surface area contributed by atoms with E-state index in [1.807, 2.05) is 30.3 Å². The van der Waals surface area contributed by atoms with E-state index in [-0.39, 0.29) is 24.0 Å². The van der Waals surface area contributed by atoms with Crippen molar-refractivity contribution in [3.05, 3.63) is 65.7 Å². The van der Waals surface area contributed by atoms with E-state index >= 15 is 0 Å². The van der Waals surface area contributed by atoms with Crippen molar-refractivity contribution in [3.63, 3.8) is 0 Å². The Morgan fingerprint density at radius 1 is 1.05 bits per heavy atom. The molecule has 0 spiro atoms. The standard InChI is InChI=1S/C15H13FN2O2/c16-18-14-9-5-4-8-13(14)10-17(15(18)19)20-11-12-6-2-1-3-7-12/h1-9H,10-11H2. The molecule has 0 aromatic heterocycles. The normalized spacial score (nSPS) is 14.3. The maximum atomic E-state index is 13.9. The van der Waals surface area contributed by atoms with Gasteiger partial charge in [-0.1, -0.05) is 53.0 Å². The van der Waals surface area contributed by atoms with Crippen LogP contribution in [-0.4, -0.2) is 11.1 Å². The number of carbonyl (C=O) groups excluding carboxylic acids is 1. The van der Waals surface area contributed by atoms with Crippen molar-refractivity contribution in [1.82, 2.24) is 5.06 Å². The fraction of sp³-hybridized carbons (Fsp3) is 0.133. The molecule has 0 saturated carbocycles. The Balaban J connectivity index is 1.74. The Labute approximate surface area is 115 Å². The van der Waals surface area contributed by atoms with Crippen LogP contribution in [0.15, 0.2) is 54.6 Å². The molecule has 0 atom stereocenters. The fourth-order valence-corrected chi connectivity index (χ4v) is 2.09. The maximum Gasteiger partial charge on any atom is 0.377 e. The molecule has 2 amide bonds. The molecule has 0 saturated heterocycles. The van der Waals surface area contributed by atoms with Crippen LogP contribution in [0.4, 0.5) is 15.0 Å². The van der Waals surface area contributed by atoms with Crippen LogP contribution < -0.4 is 5.12 Å². The largest absolute Gasteiger partial charge is 0.377 e. The molecule has 1 aliphatic rings.